The summed E-state index contributed by atoms with van der Waals surface area (Å²) >= 11 is 9.21. The van der Waals surface area contributed by atoms with Gasteiger partial charge in [-0.2, -0.15) is 0 Å². The molecule has 0 bridgehead atoms. The Balaban J connectivity index is 1.44. The summed E-state index contributed by atoms with van der Waals surface area (Å²) in [5.41, 5.74) is 3.17. The van der Waals surface area contributed by atoms with Gasteiger partial charge in [0.05, 0.1) is 27.7 Å². The van der Waals surface area contributed by atoms with Crippen LogP contribution in [0.1, 0.15) is 32.5 Å². The Labute approximate surface area is 187 Å². The van der Waals surface area contributed by atoms with Crippen LogP contribution in [0.5, 0.6) is 5.75 Å². The zero-order valence-electron chi connectivity index (χ0n) is 16.3. The van der Waals surface area contributed by atoms with Gasteiger partial charge in [-0.1, -0.05) is 23.4 Å². The summed E-state index contributed by atoms with van der Waals surface area (Å²) in [7, 11) is 0. The third-order valence-electron chi connectivity index (χ3n) is 4.66. The van der Waals surface area contributed by atoms with E-state index in [-0.39, 0.29) is 17.8 Å². The molecule has 6 nitrogen and oxygen atoms in total. The van der Waals surface area contributed by atoms with Gasteiger partial charge in [0.2, 0.25) is 0 Å². The Morgan fingerprint density at radius 1 is 1.37 bits per heavy atom. The van der Waals surface area contributed by atoms with E-state index in [1.165, 1.54) is 30.0 Å². The molecule has 9 heteroatoms. The van der Waals surface area contributed by atoms with E-state index >= 15 is 0 Å². The highest BCUT2D eigenvalue weighted by atomic mass is 35.5. The van der Waals surface area contributed by atoms with Gasteiger partial charge >= 0.3 is 0 Å². The number of amides is 1. The number of thioether (sulfide) groups is 1. The van der Waals surface area contributed by atoms with Gasteiger partial charge in [0.15, 0.2) is 10.9 Å². The molecule has 0 unspecified atom stereocenters. The number of benzene rings is 1. The van der Waals surface area contributed by atoms with Crippen LogP contribution in [0, 0.1) is 0 Å². The average molecular weight is 460 g/mol. The van der Waals surface area contributed by atoms with Crippen molar-refractivity contribution in [2.75, 3.05) is 12.8 Å². The Hall–Kier alpha value is -2.42. The number of halogens is 1. The molecule has 1 atom stereocenters. The average Bonchev–Trinajstić information content (AvgIpc) is 3.39. The predicted octanol–water partition coefficient (Wildman–Crippen LogP) is 4.52. The molecule has 1 aliphatic heterocycles. The van der Waals surface area contributed by atoms with Crippen LogP contribution in [-0.4, -0.2) is 40.6 Å². The standard InChI is InChI=1S/C21H18ClN3O3S2/c1-11(26)18-8-14(10-30-18)20(27)24-9-15-6-13-5-12(7-16(22)19(13)28-15)17-3-4-23-21(25-17)29-2/h3-5,7-8,10,15H,6,9H2,1-2H3,(H,24,27)/t15-/m0/s1. The van der Waals surface area contributed by atoms with Crippen LogP contribution < -0.4 is 10.1 Å². The zero-order valence-corrected chi connectivity index (χ0v) is 18.7. The number of fused-ring (bicyclic) bond motifs is 1. The van der Waals surface area contributed by atoms with Gasteiger partial charge in [-0.3, -0.25) is 9.59 Å². The molecule has 1 aliphatic rings. The molecule has 0 radical (unpaired) electrons. The molecule has 3 aromatic rings. The van der Waals surface area contributed by atoms with Crippen molar-refractivity contribution in [3.8, 4) is 17.0 Å². The van der Waals surface area contributed by atoms with Gasteiger partial charge in [-0.15, -0.1) is 11.3 Å². The molecular weight excluding hydrogens is 442 g/mol. The Morgan fingerprint density at radius 3 is 2.93 bits per heavy atom. The van der Waals surface area contributed by atoms with Crippen LogP contribution in [0.4, 0.5) is 0 Å². The number of carbonyl (C=O) groups is 2. The number of ketones is 1. The van der Waals surface area contributed by atoms with Gasteiger partial charge in [0, 0.05) is 29.1 Å². The fourth-order valence-electron chi connectivity index (χ4n) is 3.20. The van der Waals surface area contributed by atoms with Gasteiger partial charge in [0.1, 0.15) is 11.9 Å². The summed E-state index contributed by atoms with van der Waals surface area (Å²) in [5.74, 6) is 0.372. The second kappa shape index (κ2) is 8.75. The maximum absolute atomic E-state index is 12.4. The van der Waals surface area contributed by atoms with E-state index in [0.29, 0.717) is 39.3 Å². The fourth-order valence-corrected chi connectivity index (χ4v) is 4.63. The minimum absolute atomic E-state index is 0.0487. The number of carbonyl (C=O) groups excluding carboxylic acids is 2. The number of rotatable bonds is 6. The minimum atomic E-state index is -0.226. The van der Waals surface area contributed by atoms with E-state index < -0.39 is 0 Å². The van der Waals surface area contributed by atoms with Crippen LogP contribution in [0.3, 0.4) is 0 Å². The lowest BCUT2D eigenvalue weighted by Crippen LogP contribution is -2.34. The highest BCUT2D eigenvalue weighted by molar-refractivity contribution is 7.98. The molecular formula is C21H18ClN3O3S2. The lowest BCUT2D eigenvalue weighted by Gasteiger charge is -2.12. The van der Waals surface area contributed by atoms with E-state index in [1.807, 2.05) is 24.5 Å². The number of aromatic nitrogens is 2. The van der Waals surface area contributed by atoms with Crippen molar-refractivity contribution in [2.24, 2.45) is 0 Å². The van der Waals surface area contributed by atoms with Gasteiger partial charge < -0.3 is 10.1 Å². The summed E-state index contributed by atoms with van der Waals surface area (Å²) < 4.78 is 5.97. The summed E-state index contributed by atoms with van der Waals surface area (Å²) in [4.78, 5) is 33.1. The normalized spacial score (nSPS) is 14.8. The highest BCUT2D eigenvalue weighted by Crippen LogP contribution is 2.39. The van der Waals surface area contributed by atoms with Crippen molar-refractivity contribution < 1.29 is 14.3 Å². The second-order valence-electron chi connectivity index (χ2n) is 6.78. The van der Waals surface area contributed by atoms with Gasteiger partial charge in [0.25, 0.3) is 5.91 Å². The minimum Gasteiger partial charge on any atom is -0.486 e. The van der Waals surface area contributed by atoms with E-state index in [9.17, 15) is 9.59 Å². The number of Topliss-reactive ketones (excluding diaryl/α,β-unsaturated/α-hetero) is 1. The summed E-state index contributed by atoms with van der Waals surface area (Å²) in [6, 6.07) is 7.32. The van der Waals surface area contributed by atoms with Crippen molar-refractivity contribution in [1.29, 1.82) is 0 Å². The first-order valence-electron chi connectivity index (χ1n) is 9.18. The highest BCUT2D eigenvalue weighted by Gasteiger charge is 2.27. The molecule has 1 aromatic carbocycles. The lowest BCUT2D eigenvalue weighted by atomic mass is 10.0. The number of nitrogens with one attached hydrogen (secondary N) is 1. The smallest absolute Gasteiger partial charge is 0.252 e. The first-order valence-corrected chi connectivity index (χ1v) is 11.7. The van der Waals surface area contributed by atoms with Crippen molar-refractivity contribution in [3.05, 3.63) is 56.9 Å². The summed E-state index contributed by atoms with van der Waals surface area (Å²) in [6.07, 6.45) is 4.08. The van der Waals surface area contributed by atoms with Crippen LogP contribution in [0.15, 0.2) is 41.0 Å². The number of thiophene rings is 1. The van der Waals surface area contributed by atoms with Crippen LogP contribution in [-0.2, 0) is 6.42 Å². The largest absolute Gasteiger partial charge is 0.486 e. The molecule has 0 spiro atoms. The van der Waals surface area contributed by atoms with Crippen LogP contribution in [0.2, 0.25) is 5.02 Å². The van der Waals surface area contributed by atoms with Crippen molar-refractivity contribution in [1.82, 2.24) is 15.3 Å². The molecule has 3 heterocycles. The second-order valence-corrected chi connectivity index (χ2v) is 8.88. The van der Waals surface area contributed by atoms with E-state index in [0.717, 1.165) is 16.8 Å². The van der Waals surface area contributed by atoms with Crippen molar-refractivity contribution in [3.63, 3.8) is 0 Å². The first-order chi connectivity index (χ1) is 14.4. The lowest BCUT2D eigenvalue weighted by molar-refractivity contribution is 0.0934. The third-order valence-corrected chi connectivity index (χ3v) is 6.54. The maximum atomic E-state index is 12.4. The topological polar surface area (TPSA) is 81.2 Å². The predicted molar refractivity (Wildman–Crippen MR) is 119 cm³/mol. The summed E-state index contributed by atoms with van der Waals surface area (Å²) in [6.45, 7) is 1.83. The molecule has 30 heavy (non-hydrogen) atoms. The van der Waals surface area contributed by atoms with E-state index in [1.54, 1.807) is 17.6 Å². The molecule has 1 N–H and O–H groups in total. The van der Waals surface area contributed by atoms with Gasteiger partial charge in [-0.05, 0) is 37.4 Å². The Bertz CT molecular complexity index is 1130. The molecule has 0 fully saturated rings. The van der Waals surface area contributed by atoms with Crippen molar-refractivity contribution >= 4 is 46.4 Å². The molecule has 0 saturated carbocycles. The Kier molecular flexibility index (Phi) is 6.08. The number of hydrogen-bond acceptors (Lipinski definition) is 7. The van der Waals surface area contributed by atoms with Gasteiger partial charge in [-0.25, -0.2) is 9.97 Å². The summed E-state index contributed by atoms with van der Waals surface area (Å²) in [5, 5.41) is 5.77. The van der Waals surface area contributed by atoms with Crippen molar-refractivity contribution in [2.45, 2.75) is 24.6 Å². The number of nitrogens with zero attached hydrogens (tertiary/aromatic N) is 2. The number of ether oxygens (including phenoxy) is 1. The first kappa shape index (κ1) is 20.8. The fraction of sp³-hybridized carbons (Fsp3) is 0.238. The van der Waals surface area contributed by atoms with E-state index in [2.05, 4.69) is 15.3 Å². The third kappa shape index (κ3) is 4.35. The maximum Gasteiger partial charge on any atom is 0.252 e. The molecule has 0 aliphatic carbocycles. The quantitative estimate of drug-likeness (QED) is 0.331. The van der Waals surface area contributed by atoms with Crippen LogP contribution >= 0.6 is 34.7 Å². The molecule has 0 saturated heterocycles. The monoisotopic (exact) mass is 459 g/mol. The Morgan fingerprint density at radius 2 is 2.20 bits per heavy atom. The number of hydrogen-bond donors (Lipinski definition) is 1. The zero-order chi connectivity index (χ0) is 21.3. The molecule has 154 valence electrons. The molecule has 2 aromatic heterocycles. The SMILES string of the molecule is CSc1nccc(-c2cc(Cl)c3c(c2)C[C@@H](CNC(=O)c2csc(C(C)=O)c2)O3)n1. The molecule has 4 rings (SSSR count). The van der Waals surface area contributed by atoms with Crippen LogP contribution in [0.25, 0.3) is 11.3 Å². The van der Waals surface area contributed by atoms with E-state index in [4.69, 9.17) is 16.3 Å². The molecule has 1 amide bonds.